The number of carbonyl (C=O) groups is 2. The highest BCUT2D eigenvalue weighted by Crippen LogP contribution is 2.43. The number of carbonyl (C=O) groups excluding carboxylic acids is 2. The first-order valence-corrected chi connectivity index (χ1v) is 30.1. The third-order valence-electron chi connectivity index (χ3n) is 16.2. The van der Waals surface area contributed by atoms with E-state index in [9.17, 15) is 19.7 Å². The summed E-state index contributed by atoms with van der Waals surface area (Å²) in [5, 5.41) is 18.1. The normalized spacial score (nSPS) is 16.6. The molecule has 4 aliphatic rings. The summed E-state index contributed by atoms with van der Waals surface area (Å²) < 4.78 is 8.11. The van der Waals surface area contributed by atoms with E-state index < -0.39 is 13.0 Å². The number of nitrogens with one attached hydrogen (secondary N) is 3. The molecular weight excluding hydrogens is 995 g/mol. The van der Waals surface area contributed by atoms with Gasteiger partial charge in [0.2, 0.25) is 5.91 Å². The Labute approximate surface area is 456 Å². The number of hydrogen-bond acceptors (Lipinski definition) is 10. The maximum atomic E-state index is 14.6. The van der Waals surface area contributed by atoms with Gasteiger partial charge in [-0.2, -0.15) is 0 Å². The highest BCUT2D eigenvalue weighted by molar-refractivity contribution is 6.98. The number of allylic oxidation sites excluding steroid dienone is 5. The summed E-state index contributed by atoms with van der Waals surface area (Å²) in [6, 6.07) is 31.9. The van der Waals surface area contributed by atoms with Crippen molar-refractivity contribution in [2.45, 2.75) is 38.8 Å². The Hall–Kier alpha value is -8.15. The fourth-order valence-corrected chi connectivity index (χ4v) is 14.5. The molecule has 1 aliphatic carbocycles. The Morgan fingerprint density at radius 2 is 1.50 bits per heavy atom. The number of rotatable bonds is 14. The Morgan fingerprint density at radius 1 is 0.808 bits per heavy atom. The number of aromatic amines is 2. The van der Waals surface area contributed by atoms with Gasteiger partial charge in [-0.15, -0.1) is 0 Å². The molecule has 5 aromatic carbocycles. The minimum absolute atomic E-state index is 0.0202. The molecule has 5 heterocycles. The van der Waals surface area contributed by atoms with Gasteiger partial charge in [-0.3, -0.25) is 19.7 Å². The number of anilines is 2. The van der Waals surface area contributed by atoms with Crippen LogP contribution in [-0.4, -0.2) is 152 Å². The van der Waals surface area contributed by atoms with Crippen LogP contribution >= 0.6 is 0 Å². The van der Waals surface area contributed by atoms with Crippen LogP contribution in [0.15, 0.2) is 126 Å². The second kappa shape index (κ2) is 21.3. The lowest BCUT2D eigenvalue weighted by molar-refractivity contribution is -0.462. The number of aromatic nitrogens is 4. The molecule has 0 spiro atoms. The largest absolute Gasteiger partial charge is 0.487 e. The Morgan fingerprint density at radius 3 is 2.22 bits per heavy atom. The quantitative estimate of drug-likeness (QED) is 0.0314. The number of nitrogens with zero attached hydrogens (tertiary/aromatic N) is 8. The molecule has 0 radical (unpaired) electrons. The lowest BCUT2D eigenvalue weighted by Crippen LogP contribution is -2.50. The topological polar surface area (TPSA) is 172 Å². The zero-order valence-electron chi connectivity index (χ0n) is 45.7. The van der Waals surface area contributed by atoms with Crippen LogP contribution in [0.2, 0.25) is 13.1 Å². The molecule has 2 amide bonds. The summed E-state index contributed by atoms with van der Waals surface area (Å²) in [4.78, 5) is 65.2. The second-order valence-corrected chi connectivity index (χ2v) is 26.4. The first-order valence-electron chi connectivity index (χ1n) is 27.1. The van der Waals surface area contributed by atoms with Crippen molar-refractivity contribution in [3.63, 3.8) is 0 Å². The maximum absolute atomic E-state index is 14.6. The molecule has 2 fully saturated rings. The lowest BCUT2D eigenvalue weighted by Gasteiger charge is -2.38. The number of piperazine rings is 1. The molecule has 0 bridgehead atoms. The van der Waals surface area contributed by atoms with Crippen LogP contribution in [0.1, 0.15) is 47.2 Å². The van der Waals surface area contributed by atoms with Crippen LogP contribution in [0.5, 0.6) is 5.75 Å². The van der Waals surface area contributed by atoms with Gasteiger partial charge < -0.3 is 39.6 Å². The third kappa shape index (κ3) is 10.1. The number of hydrogen-bond donors (Lipinski definition) is 3. The van der Waals surface area contributed by atoms with E-state index in [1.165, 1.54) is 33.3 Å². The van der Waals surface area contributed by atoms with Crippen molar-refractivity contribution in [2.24, 2.45) is 5.92 Å². The number of benzene rings is 5. The number of likely N-dealkylation sites (N-methyl/N-ethyl adjacent to an activating group) is 1. The number of amides is 2. The number of unbranched alkanes of at least 4 members (excludes halogenated alkanes) is 1. The van der Waals surface area contributed by atoms with Gasteiger partial charge in [-0.25, -0.2) is 14.5 Å². The van der Waals surface area contributed by atoms with Crippen LogP contribution in [0, 0.1) is 16.0 Å². The van der Waals surface area contributed by atoms with Crippen molar-refractivity contribution in [2.75, 3.05) is 97.5 Å². The van der Waals surface area contributed by atoms with Crippen molar-refractivity contribution in [1.29, 1.82) is 0 Å². The van der Waals surface area contributed by atoms with Crippen molar-refractivity contribution in [1.82, 2.24) is 35.1 Å². The van der Waals surface area contributed by atoms with E-state index in [4.69, 9.17) is 14.7 Å². The monoisotopic (exact) mass is 1060 g/mol. The Kier molecular flexibility index (Phi) is 14.2. The van der Waals surface area contributed by atoms with Gasteiger partial charge in [0.05, 0.1) is 33.6 Å². The molecule has 78 heavy (non-hydrogen) atoms. The Balaban J connectivity index is 0.682. The van der Waals surface area contributed by atoms with E-state index in [-0.39, 0.29) is 35.8 Å². The molecule has 7 aromatic rings. The van der Waals surface area contributed by atoms with Gasteiger partial charge in [0.15, 0.2) is 11.5 Å². The minimum atomic E-state index is -2.17. The molecule has 3 aliphatic heterocycles. The standard InChI is InChI=1S/C61H67N11O5Si/c1-67(2)42-16-19-47-55(37-42)78(6,7)56-38-43(68(3)4)17-20-48(56)57(47)45-12-8-9-13-46(45)61(74)71-27-24-39(25-28-71)60(73)62-26-10-11-33-77-54-23-15-41(35-53(54)72(75)76)59-63-49-21-14-40(34-51(49)65-59)58-64-50-22-18-44(36-52(50)66-58)70-31-29-69(5)30-32-70/h8-9,12-23,34-39H,10-11,24-33H2,1-7H3,(H2,62,73,74)/p+1. The van der Waals surface area contributed by atoms with Gasteiger partial charge >= 0.3 is 5.69 Å². The van der Waals surface area contributed by atoms with E-state index in [0.29, 0.717) is 62.3 Å². The number of piperidine rings is 1. The number of nitro benzene ring substituents is 1. The van der Waals surface area contributed by atoms with Gasteiger partial charge in [-0.1, -0.05) is 37.4 Å². The number of likely N-dealkylation sites (tertiary alicyclic amines) is 1. The van der Waals surface area contributed by atoms with E-state index in [1.54, 1.807) is 12.1 Å². The van der Waals surface area contributed by atoms with Crippen LogP contribution in [0.3, 0.4) is 0 Å². The molecule has 0 saturated carbocycles. The van der Waals surface area contributed by atoms with Gasteiger partial charge in [-0.05, 0) is 138 Å². The fraction of sp³-hybridized carbons (Fsp3) is 0.328. The molecule has 11 rings (SSSR count). The Bertz CT molecular complexity index is 3640. The van der Waals surface area contributed by atoms with E-state index in [1.807, 2.05) is 41.3 Å². The number of fused-ring (bicyclic) bond motifs is 4. The number of nitro groups is 1. The number of imidazole rings is 2. The third-order valence-corrected chi connectivity index (χ3v) is 19.7. The predicted molar refractivity (Wildman–Crippen MR) is 314 cm³/mol. The first-order chi connectivity index (χ1) is 37.6. The van der Waals surface area contributed by atoms with Crippen molar-refractivity contribution in [3.8, 4) is 28.5 Å². The fourth-order valence-electron chi connectivity index (χ4n) is 11.5. The second-order valence-electron chi connectivity index (χ2n) is 22.0. The molecule has 0 unspecified atom stereocenters. The molecule has 16 nitrogen and oxygen atoms in total. The zero-order chi connectivity index (χ0) is 54.4. The smallest absolute Gasteiger partial charge is 0.311 e. The zero-order valence-corrected chi connectivity index (χ0v) is 46.7. The predicted octanol–water partition coefficient (Wildman–Crippen LogP) is 8.81. The summed E-state index contributed by atoms with van der Waals surface area (Å²) in [5.41, 5.74) is 13.2. The highest BCUT2D eigenvalue weighted by Gasteiger charge is 2.41. The van der Waals surface area contributed by atoms with Gasteiger partial charge in [0.25, 0.3) is 5.91 Å². The molecular formula is C61H68N11O5Si+. The average Bonchev–Trinajstić information content (AvgIpc) is 4.20. The molecule has 3 N–H and O–H groups in total. The summed E-state index contributed by atoms with van der Waals surface area (Å²) in [6.07, 6.45) is 9.13. The first kappa shape index (κ1) is 51.9. The molecule has 400 valence electrons. The van der Waals surface area contributed by atoms with Crippen LogP contribution in [0.4, 0.5) is 17.1 Å². The van der Waals surface area contributed by atoms with Crippen LogP contribution < -0.4 is 25.0 Å². The minimum Gasteiger partial charge on any atom is -0.487 e. The SMILES string of the molecule is CN1CCN(c2ccc3nc(-c4ccc5nc(-c6ccc(OCCCCNC(=O)C7CCN(C(=O)c8ccccc8C8=C9C=CC(=[N+](C)C)C=C9[Si](C)(C)c9cc(N(C)C)ccc98)CC7)c([N+](=O)[O-])c6)[nH]c5c4)[nH]c3c2)CC1. The van der Waals surface area contributed by atoms with Crippen LogP contribution in [0.25, 0.3) is 50.4 Å². The average molecular weight is 1060 g/mol. The highest BCUT2D eigenvalue weighted by atomic mass is 28.3. The summed E-state index contributed by atoms with van der Waals surface area (Å²) >= 11 is 0. The summed E-state index contributed by atoms with van der Waals surface area (Å²) in [5.74, 6) is 1.18. The van der Waals surface area contributed by atoms with Crippen molar-refractivity contribution < 1.29 is 23.8 Å². The maximum Gasteiger partial charge on any atom is 0.311 e. The molecule has 17 heteroatoms. The molecule has 0 atom stereocenters. The van der Waals surface area contributed by atoms with Crippen molar-refractivity contribution in [3.05, 3.63) is 153 Å². The van der Waals surface area contributed by atoms with Crippen molar-refractivity contribution >= 4 is 75.5 Å². The summed E-state index contributed by atoms with van der Waals surface area (Å²) in [7, 11) is 8.29. The van der Waals surface area contributed by atoms with Gasteiger partial charge in [0, 0.05) is 112 Å². The van der Waals surface area contributed by atoms with E-state index >= 15 is 0 Å². The molecule has 2 aromatic heterocycles. The number of ether oxygens (including phenoxy) is 1. The van der Waals surface area contributed by atoms with E-state index in [2.05, 4.69) is 144 Å². The molecule has 2 saturated heterocycles. The van der Waals surface area contributed by atoms with Crippen LogP contribution in [-0.2, 0) is 4.79 Å². The van der Waals surface area contributed by atoms with Gasteiger partial charge in [0.1, 0.15) is 33.8 Å². The lowest BCUT2D eigenvalue weighted by atomic mass is 9.86. The van der Waals surface area contributed by atoms with E-state index in [0.717, 1.165) is 82.2 Å². The summed E-state index contributed by atoms with van der Waals surface area (Å²) in [6.45, 7) is 10.6. The number of H-pyrrole nitrogens is 2.